The Hall–Kier alpha value is -2.29. The number of nitrogens with two attached hydrogens (primary N) is 1. The number of thiazole rings is 1. The number of hydrogen-bond donors (Lipinski definition) is 2. The third-order valence-corrected chi connectivity index (χ3v) is 5.09. The van der Waals surface area contributed by atoms with Crippen LogP contribution in [0.15, 0.2) is 30.5 Å². The van der Waals surface area contributed by atoms with Crippen LogP contribution in [0.1, 0.15) is 33.6 Å². The maximum Gasteiger partial charge on any atom is 0.337 e. The second kappa shape index (κ2) is 8.39. The lowest BCUT2D eigenvalue weighted by molar-refractivity contribution is -0.126. The first-order valence-electron chi connectivity index (χ1n) is 8.37. The Morgan fingerprint density at radius 3 is 3.00 bits per heavy atom. The molecule has 7 nitrogen and oxygen atoms in total. The molecule has 0 unspecified atom stereocenters. The van der Waals surface area contributed by atoms with Gasteiger partial charge in [0.2, 0.25) is 0 Å². The Labute approximate surface area is 155 Å². The molecule has 1 amide bonds. The summed E-state index contributed by atoms with van der Waals surface area (Å²) in [6.45, 7) is 0.426. The molecular formula is C18H21N3O4S. The van der Waals surface area contributed by atoms with Crippen molar-refractivity contribution in [2.75, 3.05) is 19.0 Å². The molecule has 0 radical (unpaired) electrons. The molecule has 1 saturated heterocycles. The van der Waals surface area contributed by atoms with E-state index in [4.69, 9.17) is 15.2 Å². The number of ether oxygens (including phenoxy) is 2. The number of rotatable bonds is 6. The number of methoxy groups -OCH3 is 1. The molecule has 3 N–H and O–H groups in total. The number of benzene rings is 1. The molecule has 2 heterocycles. The molecule has 1 aromatic heterocycles. The molecular weight excluding hydrogens is 354 g/mol. The van der Waals surface area contributed by atoms with E-state index in [2.05, 4.69) is 10.3 Å². The summed E-state index contributed by atoms with van der Waals surface area (Å²) in [6, 6.07) is 7.26. The summed E-state index contributed by atoms with van der Waals surface area (Å²) >= 11 is 1.40. The lowest BCUT2D eigenvalue weighted by Gasteiger charge is -2.11. The number of anilines is 1. The van der Waals surface area contributed by atoms with Gasteiger partial charge in [-0.15, -0.1) is 11.3 Å². The molecule has 0 aliphatic carbocycles. The molecule has 3 rings (SSSR count). The number of nitrogens with one attached hydrogen (secondary N) is 1. The van der Waals surface area contributed by atoms with Crippen molar-refractivity contribution in [3.63, 3.8) is 0 Å². The molecule has 0 bridgehead atoms. The van der Waals surface area contributed by atoms with Gasteiger partial charge in [0.1, 0.15) is 6.10 Å². The van der Waals surface area contributed by atoms with Crippen molar-refractivity contribution in [3.8, 4) is 0 Å². The second-order valence-electron chi connectivity index (χ2n) is 6.05. The predicted molar refractivity (Wildman–Crippen MR) is 98.3 cm³/mol. The van der Waals surface area contributed by atoms with Crippen LogP contribution >= 0.6 is 11.3 Å². The highest BCUT2D eigenvalue weighted by Crippen LogP contribution is 2.24. The number of hydrogen-bond acceptors (Lipinski definition) is 7. The Bertz CT molecular complexity index is 792. The van der Waals surface area contributed by atoms with Gasteiger partial charge in [0.05, 0.1) is 18.8 Å². The Morgan fingerprint density at radius 2 is 2.27 bits per heavy atom. The van der Waals surface area contributed by atoms with Crippen LogP contribution in [0, 0.1) is 0 Å². The summed E-state index contributed by atoms with van der Waals surface area (Å²) < 4.78 is 10.3. The van der Waals surface area contributed by atoms with Gasteiger partial charge in [0, 0.05) is 24.0 Å². The predicted octanol–water partition coefficient (Wildman–Crippen LogP) is 1.97. The van der Waals surface area contributed by atoms with E-state index < -0.39 is 6.10 Å². The van der Waals surface area contributed by atoms with Crippen LogP contribution in [-0.2, 0) is 20.7 Å². The maximum atomic E-state index is 12.2. The van der Waals surface area contributed by atoms with Gasteiger partial charge < -0.3 is 15.2 Å². The van der Waals surface area contributed by atoms with E-state index in [9.17, 15) is 9.59 Å². The molecule has 26 heavy (non-hydrogen) atoms. The number of nitrogens with zero attached hydrogens (tertiary/aromatic N) is 1. The largest absolute Gasteiger partial charge is 0.465 e. The highest BCUT2D eigenvalue weighted by Gasteiger charge is 2.30. The van der Waals surface area contributed by atoms with Crippen molar-refractivity contribution in [3.05, 3.63) is 46.5 Å². The third-order valence-electron chi connectivity index (χ3n) is 4.17. The normalized spacial score (nSPS) is 19.3. The van der Waals surface area contributed by atoms with Crippen LogP contribution < -0.4 is 11.1 Å². The summed E-state index contributed by atoms with van der Waals surface area (Å²) in [5, 5.41) is 3.34. The van der Waals surface area contributed by atoms with Gasteiger partial charge in [-0.2, -0.15) is 0 Å². The highest BCUT2D eigenvalue weighted by molar-refractivity contribution is 7.15. The van der Waals surface area contributed by atoms with E-state index in [1.165, 1.54) is 18.4 Å². The van der Waals surface area contributed by atoms with Crippen molar-refractivity contribution in [1.29, 1.82) is 0 Å². The average Bonchev–Trinajstić information content (AvgIpc) is 3.30. The smallest absolute Gasteiger partial charge is 0.337 e. The molecule has 8 heteroatoms. The minimum Gasteiger partial charge on any atom is -0.465 e. The molecule has 2 aromatic rings. The number of esters is 1. The van der Waals surface area contributed by atoms with Crippen LogP contribution in [-0.4, -0.2) is 42.7 Å². The van der Waals surface area contributed by atoms with Gasteiger partial charge in [-0.3, -0.25) is 10.1 Å². The number of aromatic nitrogens is 1. The fraction of sp³-hybridized carbons (Fsp3) is 0.389. The van der Waals surface area contributed by atoms with Crippen LogP contribution in [0.3, 0.4) is 0 Å². The first-order chi connectivity index (χ1) is 12.6. The molecule has 2 atom stereocenters. The quantitative estimate of drug-likeness (QED) is 0.748. The molecule has 0 spiro atoms. The first-order valence-corrected chi connectivity index (χ1v) is 9.19. The zero-order valence-corrected chi connectivity index (χ0v) is 15.3. The maximum absolute atomic E-state index is 12.2. The number of amides is 1. The zero-order valence-electron chi connectivity index (χ0n) is 14.4. The summed E-state index contributed by atoms with van der Waals surface area (Å²) in [6.07, 6.45) is 3.31. The molecule has 138 valence electrons. The summed E-state index contributed by atoms with van der Waals surface area (Å²) in [5.74, 6) is -0.550. The monoisotopic (exact) mass is 375 g/mol. The van der Waals surface area contributed by atoms with Crippen molar-refractivity contribution in [1.82, 2.24) is 4.98 Å². The minimum absolute atomic E-state index is 0.0420. The lowest BCUT2D eigenvalue weighted by Crippen LogP contribution is -2.29. The Kier molecular flexibility index (Phi) is 5.97. The van der Waals surface area contributed by atoms with Gasteiger partial charge in [-0.05, 0) is 30.5 Å². The average molecular weight is 375 g/mol. The lowest BCUT2D eigenvalue weighted by atomic mass is 10.1. The fourth-order valence-electron chi connectivity index (χ4n) is 2.83. The van der Waals surface area contributed by atoms with Crippen LogP contribution in [0.4, 0.5) is 5.13 Å². The van der Waals surface area contributed by atoms with Gasteiger partial charge >= 0.3 is 5.97 Å². The van der Waals surface area contributed by atoms with Gasteiger partial charge in [0.25, 0.3) is 5.91 Å². The Morgan fingerprint density at radius 1 is 1.42 bits per heavy atom. The number of carbonyl (C=O) groups excluding carboxylic acids is 2. The van der Waals surface area contributed by atoms with E-state index in [-0.39, 0.29) is 18.0 Å². The van der Waals surface area contributed by atoms with Crippen molar-refractivity contribution in [2.24, 2.45) is 5.73 Å². The van der Waals surface area contributed by atoms with Gasteiger partial charge in [-0.25, -0.2) is 9.78 Å². The molecule has 1 fully saturated rings. The van der Waals surface area contributed by atoms with Crippen LogP contribution in [0.2, 0.25) is 0 Å². The molecule has 1 aromatic carbocycles. The fourth-order valence-corrected chi connectivity index (χ4v) is 3.68. The van der Waals surface area contributed by atoms with E-state index in [0.29, 0.717) is 30.1 Å². The van der Waals surface area contributed by atoms with Crippen LogP contribution in [0.25, 0.3) is 0 Å². The van der Waals surface area contributed by atoms with Gasteiger partial charge in [0.15, 0.2) is 5.13 Å². The SMILES string of the molecule is COC(=O)c1cccc(Cc2cnc(NC(=O)[C@@H]3CC[C@H](CN)O3)s2)c1. The van der Waals surface area contributed by atoms with Crippen molar-refractivity contribution >= 4 is 28.3 Å². The molecule has 0 saturated carbocycles. The van der Waals surface area contributed by atoms with Crippen LogP contribution in [0.5, 0.6) is 0 Å². The first kappa shape index (κ1) is 18.5. The molecule has 1 aliphatic rings. The minimum atomic E-state index is -0.465. The topological polar surface area (TPSA) is 104 Å². The van der Waals surface area contributed by atoms with Gasteiger partial charge in [-0.1, -0.05) is 12.1 Å². The second-order valence-corrected chi connectivity index (χ2v) is 7.16. The summed E-state index contributed by atoms with van der Waals surface area (Å²) in [5.41, 5.74) is 7.05. The summed E-state index contributed by atoms with van der Waals surface area (Å²) in [7, 11) is 1.36. The highest BCUT2D eigenvalue weighted by atomic mass is 32.1. The summed E-state index contributed by atoms with van der Waals surface area (Å²) in [4.78, 5) is 29.1. The molecule has 1 aliphatic heterocycles. The zero-order chi connectivity index (χ0) is 18.5. The standard InChI is InChI=1S/C18H21N3O4S/c1-24-17(23)12-4-2-3-11(7-12)8-14-10-20-18(26-14)21-16(22)15-6-5-13(9-19)25-15/h2-4,7,10,13,15H,5-6,8-9,19H2,1H3,(H,20,21,22)/t13-,15+/m1/s1. The third kappa shape index (κ3) is 4.46. The van der Waals surface area contributed by atoms with E-state index in [1.54, 1.807) is 18.3 Å². The van der Waals surface area contributed by atoms with E-state index >= 15 is 0 Å². The Balaban J connectivity index is 1.60. The van der Waals surface area contributed by atoms with Crippen molar-refractivity contribution in [2.45, 2.75) is 31.5 Å². The number of carbonyl (C=O) groups is 2. The van der Waals surface area contributed by atoms with E-state index in [1.807, 2.05) is 12.1 Å². The van der Waals surface area contributed by atoms with Crippen molar-refractivity contribution < 1.29 is 19.1 Å². The van der Waals surface area contributed by atoms with E-state index in [0.717, 1.165) is 16.9 Å².